The lowest BCUT2D eigenvalue weighted by Gasteiger charge is -2.49. The summed E-state index contributed by atoms with van der Waals surface area (Å²) in [6, 6.07) is 17.9. The molecule has 0 spiro atoms. The monoisotopic (exact) mass is 622 g/mol. The fraction of sp³-hybridized carbons (Fsp3) is 0.486. The molecule has 3 aromatic carbocycles. The van der Waals surface area contributed by atoms with Crippen LogP contribution in [0.2, 0.25) is 5.02 Å². The average Bonchev–Trinajstić information content (AvgIpc) is 3.01. The first-order valence-electron chi connectivity index (χ1n) is 14.5. The second-order valence-electron chi connectivity index (χ2n) is 10.3. The van der Waals surface area contributed by atoms with E-state index in [4.69, 9.17) is 25.8 Å². The summed E-state index contributed by atoms with van der Waals surface area (Å²) in [4.78, 5) is 0. The second-order valence-corrected chi connectivity index (χ2v) is 10.7. The van der Waals surface area contributed by atoms with Gasteiger partial charge in [-0.25, -0.2) is 4.39 Å². The maximum Gasteiger partial charge on any atom is 0.200 e. The zero-order valence-corrected chi connectivity index (χ0v) is 26.5. The first-order chi connectivity index (χ1) is 20.1. The molecule has 2 N–H and O–H groups in total. The van der Waals surface area contributed by atoms with Crippen molar-refractivity contribution in [2.45, 2.75) is 98.2 Å². The molecule has 2 unspecified atom stereocenters. The minimum Gasteiger partial charge on any atom is -0.494 e. The van der Waals surface area contributed by atoms with Crippen LogP contribution in [-0.2, 0) is 22.5 Å². The van der Waals surface area contributed by atoms with Crippen molar-refractivity contribution in [3.8, 4) is 5.75 Å². The summed E-state index contributed by atoms with van der Waals surface area (Å²) in [5, 5.41) is 21.8. The first kappa shape index (κ1) is 38.5. The Morgan fingerprint density at radius 3 is 2.21 bits per heavy atom. The third kappa shape index (κ3) is 9.47. The van der Waals surface area contributed by atoms with Gasteiger partial charge in [-0.2, -0.15) is 4.39 Å². The minimum absolute atomic E-state index is 0. The van der Waals surface area contributed by atoms with Gasteiger partial charge >= 0.3 is 0 Å². The smallest absolute Gasteiger partial charge is 0.200 e. The molecule has 1 heterocycles. The van der Waals surface area contributed by atoms with Crippen LogP contribution in [-0.4, -0.2) is 41.2 Å². The van der Waals surface area contributed by atoms with Crippen LogP contribution in [0.5, 0.6) is 5.75 Å². The highest BCUT2D eigenvalue weighted by atomic mass is 35.5. The fourth-order valence-corrected chi connectivity index (χ4v) is 5.05. The Morgan fingerprint density at radius 2 is 1.63 bits per heavy atom. The van der Waals surface area contributed by atoms with Crippen molar-refractivity contribution in [3.63, 3.8) is 0 Å². The lowest BCUT2D eigenvalue weighted by Crippen LogP contribution is -2.59. The van der Waals surface area contributed by atoms with E-state index in [9.17, 15) is 19.0 Å². The molecule has 1 aliphatic rings. The summed E-state index contributed by atoms with van der Waals surface area (Å²) in [6.07, 6.45) is -0.0440. The molecule has 0 bridgehead atoms. The lowest BCUT2D eigenvalue weighted by atomic mass is 9.77. The van der Waals surface area contributed by atoms with Gasteiger partial charge in [0.25, 0.3) is 0 Å². The molecule has 4 rings (SSSR count). The number of hydrogen-bond acceptors (Lipinski definition) is 5. The van der Waals surface area contributed by atoms with E-state index in [1.165, 1.54) is 19.2 Å². The van der Waals surface area contributed by atoms with Gasteiger partial charge in [0, 0.05) is 24.3 Å². The maximum absolute atomic E-state index is 14.7. The van der Waals surface area contributed by atoms with Crippen LogP contribution >= 0.6 is 11.6 Å². The summed E-state index contributed by atoms with van der Waals surface area (Å²) in [6.45, 7) is 11.2. The molecule has 0 aromatic heterocycles. The van der Waals surface area contributed by atoms with Crippen molar-refractivity contribution < 1.29 is 33.2 Å². The Bertz CT molecular complexity index is 1250. The summed E-state index contributed by atoms with van der Waals surface area (Å²) in [5.74, 6) is -2.21. The fourth-order valence-electron chi connectivity index (χ4n) is 4.87. The highest BCUT2D eigenvalue weighted by Crippen LogP contribution is 2.44. The number of ether oxygens (including phenoxy) is 3. The summed E-state index contributed by atoms with van der Waals surface area (Å²) < 4.78 is 46.5. The Kier molecular flexibility index (Phi) is 15.8. The maximum atomic E-state index is 14.7. The topological polar surface area (TPSA) is 68.2 Å². The third-order valence-corrected chi connectivity index (χ3v) is 7.64. The van der Waals surface area contributed by atoms with E-state index in [0.717, 1.165) is 11.1 Å². The molecule has 240 valence electrons. The van der Waals surface area contributed by atoms with Crippen molar-refractivity contribution in [2.75, 3.05) is 13.7 Å². The van der Waals surface area contributed by atoms with Crippen LogP contribution in [0.15, 0.2) is 60.7 Å². The normalized spacial score (nSPS) is 19.6. The van der Waals surface area contributed by atoms with Crippen LogP contribution < -0.4 is 4.74 Å². The minimum atomic E-state index is -1.37. The molecule has 1 aliphatic heterocycles. The quantitative estimate of drug-likeness (QED) is 0.249. The van der Waals surface area contributed by atoms with E-state index < -0.39 is 35.5 Å². The lowest BCUT2D eigenvalue weighted by molar-refractivity contribution is -0.257. The number of methoxy groups -OCH3 is 1. The van der Waals surface area contributed by atoms with Crippen molar-refractivity contribution in [3.05, 3.63) is 99.6 Å². The van der Waals surface area contributed by atoms with Gasteiger partial charge in [-0.05, 0) is 48.2 Å². The van der Waals surface area contributed by atoms with Gasteiger partial charge in [-0.3, -0.25) is 0 Å². The van der Waals surface area contributed by atoms with Crippen LogP contribution in [0.1, 0.15) is 90.2 Å². The summed E-state index contributed by atoms with van der Waals surface area (Å²) >= 11 is 6.45. The molecular weight excluding hydrogens is 574 g/mol. The number of aliphatic hydroxyl groups excluding tert-OH is 1. The van der Waals surface area contributed by atoms with Crippen molar-refractivity contribution >= 4 is 11.6 Å². The van der Waals surface area contributed by atoms with Gasteiger partial charge < -0.3 is 24.4 Å². The molecule has 0 amide bonds. The van der Waals surface area contributed by atoms with E-state index in [0.29, 0.717) is 30.0 Å². The van der Waals surface area contributed by atoms with Crippen LogP contribution in [0, 0.1) is 11.6 Å². The van der Waals surface area contributed by atoms with E-state index in [2.05, 4.69) is 0 Å². The first-order valence-corrected chi connectivity index (χ1v) is 14.9. The molecule has 5 nitrogen and oxygen atoms in total. The van der Waals surface area contributed by atoms with E-state index in [1.807, 2.05) is 58.0 Å². The largest absolute Gasteiger partial charge is 0.494 e. The zero-order valence-electron chi connectivity index (χ0n) is 25.7. The van der Waals surface area contributed by atoms with Gasteiger partial charge in [-0.1, -0.05) is 95.3 Å². The number of rotatable bonds is 9. The van der Waals surface area contributed by atoms with Gasteiger partial charge in [-0.15, -0.1) is 0 Å². The Hall–Kier alpha value is -2.55. The van der Waals surface area contributed by atoms with Gasteiger partial charge in [0.05, 0.1) is 38.1 Å². The number of aliphatic hydroxyl groups is 2. The van der Waals surface area contributed by atoms with Crippen LogP contribution in [0.4, 0.5) is 8.78 Å². The number of hydrogen-bond donors (Lipinski definition) is 2. The molecule has 3 aromatic rings. The van der Waals surface area contributed by atoms with Crippen LogP contribution in [0.25, 0.3) is 0 Å². The van der Waals surface area contributed by atoms with Crippen molar-refractivity contribution in [1.82, 2.24) is 0 Å². The summed E-state index contributed by atoms with van der Waals surface area (Å²) in [5.41, 5.74) is -0.181. The van der Waals surface area contributed by atoms with E-state index >= 15 is 0 Å². The third-order valence-electron chi connectivity index (χ3n) is 7.27. The van der Waals surface area contributed by atoms with E-state index in [1.54, 1.807) is 32.0 Å². The standard InChI is InChI=1S/C30H33ClF2O5.2C2H6.CH4/c1-29(2,35)30(18-34)16-23(37-17-19-7-5-4-6-8-19)15-26(38-30)20-9-11-24(31)22(13-20)14-21-10-12-25(36-3)28(33)27(21)32;2*1-2;/h4-13,23,26,34-35H,14-18H2,1-3H3;2*1-2H3;1H4/t23?,26?,30-;;;/m1.../s1. The Labute approximate surface area is 261 Å². The molecule has 1 fully saturated rings. The van der Waals surface area contributed by atoms with Gasteiger partial charge in [0.2, 0.25) is 5.82 Å². The molecule has 3 atom stereocenters. The van der Waals surface area contributed by atoms with Gasteiger partial charge in [0.1, 0.15) is 5.60 Å². The molecule has 0 radical (unpaired) electrons. The van der Waals surface area contributed by atoms with Crippen molar-refractivity contribution in [2.24, 2.45) is 0 Å². The SMILES string of the molecule is C.CC.CC.COc1ccc(Cc2cc(C3CC(OCc4ccccc4)C[C@@](CO)(C(C)(C)O)O3)ccc2Cl)c(F)c1F. The van der Waals surface area contributed by atoms with Crippen molar-refractivity contribution in [1.29, 1.82) is 0 Å². The average molecular weight is 623 g/mol. The molecule has 8 heteroatoms. The summed E-state index contributed by atoms with van der Waals surface area (Å²) in [7, 11) is 1.28. The predicted octanol–water partition coefficient (Wildman–Crippen LogP) is 8.85. The molecular formula is C35H49ClF2O5. The zero-order chi connectivity index (χ0) is 31.5. The second kappa shape index (κ2) is 17.7. The Balaban J connectivity index is 0.00000177. The number of benzene rings is 3. The Morgan fingerprint density at radius 1 is 0.977 bits per heavy atom. The molecule has 1 saturated heterocycles. The number of halogens is 3. The molecule has 43 heavy (non-hydrogen) atoms. The molecule has 0 aliphatic carbocycles. The van der Waals surface area contributed by atoms with Crippen LogP contribution in [0.3, 0.4) is 0 Å². The van der Waals surface area contributed by atoms with E-state index in [-0.39, 0.29) is 31.3 Å². The van der Waals surface area contributed by atoms with Gasteiger partial charge in [0.15, 0.2) is 11.6 Å². The highest BCUT2D eigenvalue weighted by Gasteiger charge is 2.51. The predicted molar refractivity (Wildman–Crippen MR) is 171 cm³/mol. The molecule has 0 saturated carbocycles. The highest BCUT2D eigenvalue weighted by molar-refractivity contribution is 6.31.